The average Bonchev–Trinajstić information content (AvgIpc) is 2.75. The number of nitrogens with zero attached hydrogens (tertiary/aromatic N) is 1. The third-order valence-electron chi connectivity index (χ3n) is 7.23. The Morgan fingerprint density at radius 2 is 1.41 bits per heavy atom. The third-order valence-corrected chi connectivity index (χ3v) is 7.23. The zero-order valence-electron chi connectivity index (χ0n) is 24.3. The number of esters is 1. The Morgan fingerprint density at radius 1 is 0.946 bits per heavy atom. The van der Waals surface area contributed by atoms with Gasteiger partial charge in [0.05, 0.1) is 16.6 Å². The fourth-order valence-corrected chi connectivity index (χ4v) is 5.23. The van der Waals surface area contributed by atoms with Crippen LogP contribution in [0.2, 0.25) is 0 Å². The molecule has 204 valence electrons. The number of ether oxygens (including phenoxy) is 2. The van der Waals surface area contributed by atoms with Gasteiger partial charge in [-0.05, 0) is 68.4 Å². The minimum absolute atomic E-state index is 0.229. The van der Waals surface area contributed by atoms with Crippen molar-refractivity contribution in [1.82, 2.24) is 5.06 Å². The SMILES string of the molecule is CC(C)(C)c1cc(OCc2ccc(C(=O)OC3CC(C)(C)N([OH2+])C(C)(C)C3)cc2)cc(C(C)(C)C)c1O. The van der Waals surface area contributed by atoms with Gasteiger partial charge < -0.3 is 19.8 Å². The van der Waals surface area contributed by atoms with Gasteiger partial charge >= 0.3 is 5.97 Å². The molecule has 1 aliphatic rings. The second-order valence-electron chi connectivity index (χ2n) is 13.7. The molecule has 37 heavy (non-hydrogen) atoms. The van der Waals surface area contributed by atoms with Gasteiger partial charge in [0.2, 0.25) is 0 Å². The summed E-state index contributed by atoms with van der Waals surface area (Å²) in [5.74, 6) is 0.697. The summed E-state index contributed by atoms with van der Waals surface area (Å²) in [7, 11) is 0. The van der Waals surface area contributed by atoms with Crippen molar-refractivity contribution in [3.05, 3.63) is 58.7 Å². The molecule has 3 rings (SSSR count). The molecule has 1 heterocycles. The van der Waals surface area contributed by atoms with Gasteiger partial charge in [0.15, 0.2) is 0 Å². The highest BCUT2D eigenvalue weighted by atomic mass is 16.5. The molecule has 0 unspecified atom stereocenters. The molecule has 0 saturated carbocycles. The number of hydrogen-bond donors (Lipinski definition) is 1. The van der Waals surface area contributed by atoms with Crippen molar-refractivity contribution in [3.63, 3.8) is 0 Å². The molecule has 1 saturated heterocycles. The zero-order valence-corrected chi connectivity index (χ0v) is 24.3. The maximum Gasteiger partial charge on any atom is 0.338 e. The number of carbonyl (C=O) groups excluding carboxylic acids is 1. The zero-order chi connectivity index (χ0) is 28.0. The van der Waals surface area contributed by atoms with Crippen LogP contribution in [0.3, 0.4) is 0 Å². The molecule has 0 spiro atoms. The molecule has 1 aliphatic heterocycles. The fraction of sp³-hybridized carbons (Fsp3) is 0.581. The smallest absolute Gasteiger partial charge is 0.338 e. The highest BCUT2D eigenvalue weighted by molar-refractivity contribution is 5.89. The van der Waals surface area contributed by atoms with Gasteiger partial charge in [-0.15, -0.1) is 0 Å². The van der Waals surface area contributed by atoms with Crippen molar-refractivity contribution in [3.8, 4) is 11.5 Å². The predicted octanol–water partition coefficient (Wildman–Crippen LogP) is 6.38. The Kier molecular flexibility index (Phi) is 7.80. The van der Waals surface area contributed by atoms with Gasteiger partial charge in [-0.1, -0.05) is 58.7 Å². The Morgan fingerprint density at radius 3 is 1.84 bits per heavy atom. The summed E-state index contributed by atoms with van der Waals surface area (Å²) in [5.41, 5.74) is 1.95. The van der Waals surface area contributed by atoms with Crippen LogP contribution in [0.1, 0.15) is 109 Å². The number of phenolic OH excluding ortho intramolecular Hbond substituents is 1. The molecule has 2 aromatic carbocycles. The van der Waals surface area contributed by atoms with E-state index in [-0.39, 0.29) is 34.0 Å². The van der Waals surface area contributed by atoms with Crippen molar-refractivity contribution < 1.29 is 24.6 Å². The highest BCUT2D eigenvalue weighted by Crippen LogP contribution is 2.42. The summed E-state index contributed by atoms with van der Waals surface area (Å²) >= 11 is 0. The molecule has 6 heteroatoms. The van der Waals surface area contributed by atoms with Crippen LogP contribution in [0.15, 0.2) is 36.4 Å². The largest absolute Gasteiger partial charge is 0.507 e. The van der Waals surface area contributed by atoms with E-state index in [1.165, 1.54) is 0 Å². The highest BCUT2D eigenvalue weighted by Gasteiger charge is 2.49. The summed E-state index contributed by atoms with van der Waals surface area (Å²) in [4.78, 5) is 12.9. The lowest BCUT2D eigenvalue weighted by Gasteiger charge is -2.47. The molecule has 2 aromatic rings. The minimum Gasteiger partial charge on any atom is -0.507 e. The molecule has 0 bridgehead atoms. The molecule has 6 nitrogen and oxygen atoms in total. The number of rotatable bonds is 5. The van der Waals surface area contributed by atoms with E-state index in [0.29, 0.717) is 36.5 Å². The summed E-state index contributed by atoms with van der Waals surface area (Å²) in [6, 6.07) is 11.1. The summed E-state index contributed by atoms with van der Waals surface area (Å²) < 4.78 is 12.0. The van der Waals surface area contributed by atoms with E-state index in [1.54, 1.807) is 17.2 Å². The molecule has 1 fully saturated rings. The maximum absolute atomic E-state index is 12.9. The van der Waals surface area contributed by atoms with E-state index in [9.17, 15) is 9.90 Å². The first-order chi connectivity index (χ1) is 16.8. The van der Waals surface area contributed by atoms with Gasteiger partial charge in [0.1, 0.15) is 24.2 Å². The van der Waals surface area contributed by atoms with Crippen LogP contribution in [-0.2, 0) is 22.2 Å². The van der Waals surface area contributed by atoms with E-state index < -0.39 is 0 Å². The van der Waals surface area contributed by atoms with Gasteiger partial charge in [-0.25, -0.2) is 4.79 Å². The average molecular weight is 513 g/mol. The number of aromatic hydroxyl groups is 1. The van der Waals surface area contributed by atoms with Crippen LogP contribution >= 0.6 is 0 Å². The minimum atomic E-state index is -0.373. The van der Waals surface area contributed by atoms with Crippen molar-refractivity contribution in [1.29, 1.82) is 0 Å². The van der Waals surface area contributed by atoms with Crippen LogP contribution < -0.4 is 4.74 Å². The number of piperidine rings is 1. The molecular formula is C31H46NO5+. The van der Waals surface area contributed by atoms with E-state index in [4.69, 9.17) is 14.7 Å². The molecule has 0 aliphatic carbocycles. The van der Waals surface area contributed by atoms with Gasteiger partial charge in [0, 0.05) is 24.0 Å². The lowest BCUT2D eigenvalue weighted by molar-refractivity contribution is -0.256. The lowest BCUT2D eigenvalue weighted by Crippen LogP contribution is -2.60. The second kappa shape index (κ2) is 9.95. The Bertz CT molecular complexity index is 1070. The summed E-state index contributed by atoms with van der Waals surface area (Å²) in [5, 5.41) is 21.0. The van der Waals surface area contributed by atoms with Crippen LogP contribution in [-0.4, -0.2) is 38.5 Å². The quantitative estimate of drug-likeness (QED) is 0.371. The Hall–Kier alpha value is -2.57. The first-order valence-electron chi connectivity index (χ1n) is 13.1. The predicted molar refractivity (Wildman–Crippen MR) is 148 cm³/mol. The fourth-order valence-electron chi connectivity index (χ4n) is 5.23. The number of phenols is 1. The third kappa shape index (κ3) is 6.66. The number of hydrogen-bond acceptors (Lipinski definition) is 5. The number of benzene rings is 2. The summed E-state index contributed by atoms with van der Waals surface area (Å²) in [6.07, 6.45) is 1.01. The van der Waals surface area contributed by atoms with E-state index in [0.717, 1.165) is 16.7 Å². The summed E-state index contributed by atoms with van der Waals surface area (Å²) in [6.45, 7) is 20.9. The second-order valence-corrected chi connectivity index (χ2v) is 13.7. The normalized spacial score (nSPS) is 18.5. The molecule has 3 N–H and O–H groups in total. The first-order valence-corrected chi connectivity index (χ1v) is 13.1. The van der Waals surface area contributed by atoms with Crippen LogP contribution in [0.25, 0.3) is 0 Å². The molecule has 0 atom stereocenters. The van der Waals surface area contributed by atoms with Gasteiger partial charge in [-0.3, -0.25) is 0 Å². The van der Waals surface area contributed by atoms with Crippen LogP contribution in [0.4, 0.5) is 0 Å². The molecule has 0 aromatic heterocycles. The topological polar surface area (TPSA) is 81.9 Å². The van der Waals surface area contributed by atoms with Gasteiger partial charge in [0.25, 0.3) is 0 Å². The molecule has 0 amide bonds. The van der Waals surface area contributed by atoms with E-state index in [1.807, 2.05) is 52.0 Å². The van der Waals surface area contributed by atoms with Crippen molar-refractivity contribution >= 4 is 5.97 Å². The van der Waals surface area contributed by atoms with E-state index >= 15 is 0 Å². The first kappa shape index (κ1) is 29.0. The molecule has 0 radical (unpaired) electrons. The number of carbonyl (C=O) groups is 1. The van der Waals surface area contributed by atoms with Crippen LogP contribution in [0, 0.1) is 0 Å². The maximum atomic E-state index is 12.9. The number of hydroxylamine groups is 2. The van der Waals surface area contributed by atoms with Gasteiger partial charge in [-0.2, -0.15) is 0 Å². The Balaban J connectivity index is 1.70. The Labute approximate surface area is 222 Å². The van der Waals surface area contributed by atoms with Crippen molar-refractivity contribution in [2.24, 2.45) is 0 Å². The van der Waals surface area contributed by atoms with Crippen molar-refractivity contribution in [2.45, 2.75) is 117 Å². The molecular weight excluding hydrogens is 466 g/mol. The van der Waals surface area contributed by atoms with Crippen LogP contribution in [0.5, 0.6) is 11.5 Å². The monoisotopic (exact) mass is 512 g/mol. The standard InChI is InChI=1S/C31H45NO5/c1-28(2,3)24-15-22(16-25(26(24)33)29(4,5)6)36-19-20-11-13-21(14-12-20)27(34)37-23-17-30(7,8)32(35)31(9,10)18-23/h11-16,23,33,35H,17-19H2,1-10H3/p+1. The van der Waals surface area contributed by atoms with E-state index in [2.05, 4.69) is 41.5 Å². The lowest BCUT2D eigenvalue weighted by atomic mass is 9.79. The van der Waals surface area contributed by atoms with Crippen molar-refractivity contribution in [2.75, 3.05) is 0 Å².